The average molecular weight is 544 g/mol. The second kappa shape index (κ2) is 11.9. The van der Waals surface area contributed by atoms with Crippen LogP contribution in [0.15, 0.2) is 53.0 Å². The molecule has 0 fully saturated rings. The molecule has 34 heavy (non-hydrogen) atoms. The first-order valence-electron chi connectivity index (χ1n) is 10.7. The number of ether oxygens (including phenoxy) is 3. The van der Waals surface area contributed by atoms with E-state index in [2.05, 4.69) is 21.2 Å². The number of amides is 1. The summed E-state index contributed by atoms with van der Waals surface area (Å²) in [6.45, 7) is 4.54. The zero-order valence-electron chi connectivity index (χ0n) is 19.4. The Bertz CT molecular complexity index is 1200. The van der Waals surface area contributed by atoms with Gasteiger partial charge in [-0.1, -0.05) is 41.1 Å². The largest absolute Gasteiger partial charge is 0.493 e. The van der Waals surface area contributed by atoms with Gasteiger partial charge in [-0.25, -0.2) is 4.79 Å². The Balaban J connectivity index is 1.84. The molecule has 0 radical (unpaired) electrons. The minimum Gasteiger partial charge on any atom is -0.493 e. The van der Waals surface area contributed by atoms with Gasteiger partial charge in [-0.05, 0) is 54.8 Å². The van der Waals surface area contributed by atoms with E-state index in [-0.39, 0.29) is 5.91 Å². The first kappa shape index (κ1) is 25.5. The van der Waals surface area contributed by atoms with E-state index in [0.717, 1.165) is 32.5 Å². The maximum Gasteiger partial charge on any atom is 0.341 e. The molecule has 0 atom stereocenters. The van der Waals surface area contributed by atoms with E-state index in [1.54, 1.807) is 19.3 Å². The summed E-state index contributed by atoms with van der Waals surface area (Å²) in [5.41, 5.74) is 2.73. The van der Waals surface area contributed by atoms with Crippen LogP contribution in [0.5, 0.6) is 11.5 Å². The first-order valence-corrected chi connectivity index (χ1v) is 12.3. The predicted molar refractivity (Wildman–Crippen MR) is 140 cm³/mol. The second-order valence-corrected chi connectivity index (χ2v) is 9.46. The predicted octanol–water partition coefficient (Wildman–Crippen LogP) is 6.72. The molecule has 1 heterocycles. The fourth-order valence-electron chi connectivity index (χ4n) is 3.34. The fourth-order valence-corrected chi connectivity index (χ4v) is 4.67. The van der Waals surface area contributed by atoms with Gasteiger partial charge in [0, 0.05) is 21.0 Å². The van der Waals surface area contributed by atoms with Crippen LogP contribution in [0.25, 0.3) is 17.2 Å². The number of nitrogens with one attached hydrogen (secondary N) is 1. The van der Waals surface area contributed by atoms with Gasteiger partial charge in [0.25, 0.3) is 0 Å². The molecule has 1 N–H and O–H groups in total. The summed E-state index contributed by atoms with van der Waals surface area (Å²) in [6.07, 6.45) is 3.98. The lowest BCUT2D eigenvalue weighted by Crippen LogP contribution is -2.11. The van der Waals surface area contributed by atoms with Crippen molar-refractivity contribution >= 4 is 50.2 Å². The molecule has 1 amide bonds. The van der Waals surface area contributed by atoms with E-state index in [1.807, 2.05) is 50.2 Å². The van der Waals surface area contributed by atoms with Crippen molar-refractivity contribution in [3.63, 3.8) is 0 Å². The number of halogens is 1. The minimum atomic E-state index is -0.506. The molecule has 1 aromatic heterocycles. The number of anilines is 1. The Morgan fingerprint density at radius 3 is 2.47 bits per heavy atom. The van der Waals surface area contributed by atoms with E-state index >= 15 is 0 Å². The average Bonchev–Trinajstić information content (AvgIpc) is 3.16. The maximum atomic E-state index is 12.7. The molecule has 3 aromatic rings. The number of hydrogen-bond donors (Lipinski definition) is 1. The Morgan fingerprint density at radius 1 is 1.09 bits per heavy atom. The molecule has 0 aliphatic carbocycles. The SMILES string of the molecule is CCCOc1ccc(/C=C/C(=O)Nc2sc(C)c(-c3ccc(Br)cc3)c2C(=O)OC)cc1OC. The van der Waals surface area contributed by atoms with Crippen molar-refractivity contribution < 1.29 is 23.8 Å². The Kier molecular flexibility index (Phi) is 8.90. The lowest BCUT2D eigenvalue weighted by atomic mass is 10.0. The van der Waals surface area contributed by atoms with Crippen LogP contribution in [0.2, 0.25) is 0 Å². The summed E-state index contributed by atoms with van der Waals surface area (Å²) >= 11 is 4.76. The van der Waals surface area contributed by atoms with Crippen molar-refractivity contribution in [3.8, 4) is 22.6 Å². The standard InChI is InChI=1S/C26H26BrNO5S/c1-5-14-33-20-12-6-17(15-21(20)31-3)7-13-22(29)28-25-24(26(30)32-4)23(16(2)34-25)18-8-10-19(27)11-9-18/h6-13,15H,5,14H2,1-4H3,(H,28,29)/b13-7+. The summed E-state index contributed by atoms with van der Waals surface area (Å²) in [7, 11) is 2.90. The van der Waals surface area contributed by atoms with E-state index in [9.17, 15) is 9.59 Å². The highest BCUT2D eigenvalue weighted by atomic mass is 79.9. The Hall–Kier alpha value is -3.10. The molecule has 8 heteroatoms. The molecule has 0 aliphatic rings. The highest BCUT2D eigenvalue weighted by molar-refractivity contribution is 9.10. The second-order valence-electron chi connectivity index (χ2n) is 7.32. The molecule has 0 spiro atoms. The summed E-state index contributed by atoms with van der Waals surface area (Å²) in [6, 6.07) is 13.1. The van der Waals surface area contributed by atoms with Crippen molar-refractivity contribution in [1.29, 1.82) is 0 Å². The van der Waals surface area contributed by atoms with E-state index in [1.165, 1.54) is 24.5 Å². The number of hydrogen-bond acceptors (Lipinski definition) is 6. The quantitative estimate of drug-likeness (QED) is 0.239. The van der Waals surface area contributed by atoms with E-state index < -0.39 is 5.97 Å². The molecule has 178 valence electrons. The third-order valence-corrected chi connectivity index (χ3v) is 6.47. The molecule has 0 saturated heterocycles. The third-order valence-electron chi connectivity index (χ3n) is 4.92. The van der Waals surface area contributed by atoms with Crippen molar-refractivity contribution in [1.82, 2.24) is 0 Å². The zero-order chi connectivity index (χ0) is 24.7. The van der Waals surface area contributed by atoms with Crippen LogP contribution in [0.3, 0.4) is 0 Å². The molecular formula is C26H26BrNO5S. The number of carbonyl (C=O) groups is 2. The normalized spacial score (nSPS) is 10.9. The smallest absolute Gasteiger partial charge is 0.341 e. The number of benzene rings is 2. The molecule has 0 unspecified atom stereocenters. The number of thiophene rings is 1. The van der Waals surface area contributed by atoms with Gasteiger partial charge < -0.3 is 19.5 Å². The van der Waals surface area contributed by atoms with Gasteiger partial charge in [-0.2, -0.15) is 0 Å². The Labute approximate surface area is 211 Å². The van der Waals surface area contributed by atoms with Gasteiger partial charge in [0.05, 0.1) is 20.8 Å². The van der Waals surface area contributed by atoms with Gasteiger partial charge in [-0.3, -0.25) is 4.79 Å². The van der Waals surface area contributed by atoms with Crippen molar-refractivity contribution in [2.75, 3.05) is 26.1 Å². The number of methoxy groups -OCH3 is 2. The van der Waals surface area contributed by atoms with Gasteiger partial charge in [0.15, 0.2) is 11.5 Å². The van der Waals surface area contributed by atoms with Crippen LogP contribution in [0.1, 0.15) is 34.1 Å². The first-order chi connectivity index (χ1) is 16.4. The van der Waals surface area contributed by atoms with Gasteiger partial charge in [0.1, 0.15) is 10.6 Å². The lowest BCUT2D eigenvalue weighted by Gasteiger charge is -2.10. The van der Waals surface area contributed by atoms with E-state index in [4.69, 9.17) is 14.2 Å². The molecule has 0 aliphatic heterocycles. The van der Waals surface area contributed by atoms with Crippen LogP contribution in [-0.2, 0) is 9.53 Å². The molecule has 0 bridgehead atoms. The van der Waals surface area contributed by atoms with Gasteiger partial charge in [-0.15, -0.1) is 11.3 Å². The van der Waals surface area contributed by atoms with Gasteiger partial charge >= 0.3 is 5.97 Å². The number of carbonyl (C=O) groups excluding carboxylic acids is 2. The van der Waals surface area contributed by atoms with Crippen LogP contribution in [0, 0.1) is 6.92 Å². The topological polar surface area (TPSA) is 73.9 Å². The Morgan fingerprint density at radius 2 is 1.82 bits per heavy atom. The summed E-state index contributed by atoms with van der Waals surface area (Å²) < 4.78 is 17.0. The molecule has 6 nitrogen and oxygen atoms in total. The zero-order valence-corrected chi connectivity index (χ0v) is 21.8. The number of aryl methyl sites for hydroxylation is 1. The number of rotatable bonds is 9. The number of esters is 1. The van der Waals surface area contributed by atoms with E-state index in [0.29, 0.717) is 28.7 Å². The van der Waals surface area contributed by atoms with Crippen LogP contribution in [0.4, 0.5) is 5.00 Å². The van der Waals surface area contributed by atoms with Crippen molar-refractivity contribution in [2.45, 2.75) is 20.3 Å². The van der Waals surface area contributed by atoms with Crippen LogP contribution < -0.4 is 14.8 Å². The summed E-state index contributed by atoms with van der Waals surface area (Å²) in [5.74, 6) is 0.383. The monoisotopic (exact) mass is 543 g/mol. The van der Waals surface area contributed by atoms with Crippen LogP contribution in [-0.4, -0.2) is 32.7 Å². The summed E-state index contributed by atoms with van der Waals surface area (Å²) in [4.78, 5) is 26.2. The lowest BCUT2D eigenvalue weighted by molar-refractivity contribution is -0.111. The highest BCUT2D eigenvalue weighted by Crippen LogP contribution is 2.40. The van der Waals surface area contributed by atoms with Crippen LogP contribution >= 0.6 is 27.3 Å². The fraction of sp³-hybridized carbons (Fsp3) is 0.231. The van der Waals surface area contributed by atoms with Crippen molar-refractivity contribution in [2.24, 2.45) is 0 Å². The third kappa shape index (κ3) is 6.07. The molecule has 2 aromatic carbocycles. The molecule has 3 rings (SSSR count). The molecule has 0 saturated carbocycles. The van der Waals surface area contributed by atoms with Crippen molar-refractivity contribution in [3.05, 3.63) is 69.0 Å². The molecular weight excluding hydrogens is 518 g/mol. The maximum absolute atomic E-state index is 12.7. The highest BCUT2D eigenvalue weighted by Gasteiger charge is 2.24. The minimum absolute atomic E-state index is 0.341. The van der Waals surface area contributed by atoms with Gasteiger partial charge in [0.2, 0.25) is 5.91 Å². The summed E-state index contributed by atoms with van der Waals surface area (Å²) in [5, 5.41) is 3.28.